The molecule has 178 valence electrons. The molecule has 2 aromatic carbocycles. The van der Waals surface area contributed by atoms with Crippen molar-refractivity contribution in [2.45, 2.75) is 19.4 Å². The minimum atomic E-state index is -4.22. The molecule has 0 aliphatic carbocycles. The van der Waals surface area contributed by atoms with E-state index in [0.29, 0.717) is 28.2 Å². The smallest absolute Gasteiger partial charge is 0.270 e. The third-order valence-electron chi connectivity index (χ3n) is 5.42. The lowest BCUT2D eigenvalue weighted by atomic mass is 10.1. The van der Waals surface area contributed by atoms with E-state index >= 15 is 0 Å². The van der Waals surface area contributed by atoms with Crippen molar-refractivity contribution in [3.63, 3.8) is 0 Å². The zero-order valence-corrected chi connectivity index (χ0v) is 20.5. The van der Waals surface area contributed by atoms with E-state index in [0.717, 1.165) is 4.41 Å². The zero-order valence-electron chi connectivity index (χ0n) is 18.0. The van der Waals surface area contributed by atoms with Crippen LogP contribution in [-0.4, -0.2) is 31.3 Å². The highest BCUT2D eigenvalue weighted by molar-refractivity contribution is 7.95. The van der Waals surface area contributed by atoms with Crippen LogP contribution in [-0.2, 0) is 19.9 Å². The molecule has 0 radical (unpaired) electrons. The zero-order chi connectivity index (χ0) is 24.6. The van der Waals surface area contributed by atoms with Crippen molar-refractivity contribution >= 4 is 36.9 Å². The van der Waals surface area contributed by atoms with Crippen LogP contribution in [0.4, 0.5) is 0 Å². The molecule has 1 unspecified atom stereocenters. The fraction of sp³-hybridized carbons (Fsp3) is 0.0417. The number of phenolic OH excluding ortho intramolecular Hbond substituents is 1. The molecule has 2 N–H and O–H groups in total. The van der Waals surface area contributed by atoms with Crippen molar-refractivity contribution in [2.24, 2.45) is 0 Å². The Morgan fingerprint density at radius 1 is 0.857 bits per heavy atom. The standard InChI is InChI=1S/C24H19N3O5S3/c28-22-11-5-4-10-19(22)21-15-20(17-7-6-14-25-16-17)26-27(21)35(31,32)24-13-12-23(33-24)34(29,30)18-8-2-1-3-9-18/h1-16,21,26,28H. The van der Waals surface area contributed by atoms with Crippen molar-refractivity contribution in [2.75, 3.05) is 0 Å². The monoisotopic (exact) mass is 525 g/mol. The quantitative estimate of drug-likeness (QED) is 0.391. The van der Waals surface area contributed by atoms with Crippen LogP contribution < -0.4 is 5.43 Å². The van der Waals surface area contributed by atoms with Crippen LogP contribution in [0, 0.1) is 0 Å². The molecule has 2 aromatic heterocycles. The molecule has 35 heavy (non-hydrogen) atoms. The molecule has 1 atom stereocenters. The van der Waals surface area contributed by atoms with Gasteiger partial charge in [-0.15, -0.1) is 11.3 Å². The van der Waals surface area contributed by atoms with Gasteiger partial charge in [-0.3, -0.25) is 4.98 Å². The first-order chi connectivity index (χ1) is 16.8. The molecule has 1 aliphatic rings. The summed E-state index contributed by atoms with van der Waals surface area (Å²) < 4.78 is 54.2. The average Bonchev–Trinajstić information content (AvgIpc) is 3.55. The number of para-hydroxylation sites is 1. The van der Waals surface area contributed by atoms with E-state index in [1.54, 1.807) is 67.0 Å². The first-order valence-corrected chi connectivity index (χ1v) is 14.1. The van der Waals surface area contributed by atoms with Crippen molar-refractivity contribution in [1.29, 1.82) is 0 Å². The number of pyridine rings is 1. The van der Waals surface area contributed by atoms with Crippen molar-refractivity contribution in [3.8, 4) is 5.75 Å². The highest BCUT2D eigenvalue weighted by Crippen LogP contribution is 2.40. The summed E-state index contributed by atoms with van der Waals surface area (Å²) in [4.78, 5) is 4.17. The van der Waals surface area contributed by atoms with Gasteiger partial charge < -0.3 is 10.5 Å². The third kappa shape index (κ3) is 4.23. The van der Waals surface area contributed by atoms with Crippen LogP contribution in [0.15, 0.2) is 111 Å². The fourth-order valence-corrected chi connectivity index (χ4v) is 8.37. The Kier molecular flexibility index (Phi) is 5.93. The van der Waals surface area contributed by atoms with Gasteiger partial charge >= 0.3 is 0 Å². The maximum atomic E-state index is 13.7. The highest BCUT2D eigenvalue weighted by Gasteiger charge is 2.39. The lowest BCUT2D eigenvalue weighted by Crippen LogP contribution is -2.39. The lowest BCUT2D eigenvalue weighted by molar-refractivity contribution is 0.340. The Balaban J connectivity index is 1.56. The van der Waals surface area contributed by atoms with E-state index in [2.05, 4.69) is 10.4 Å². The Morgan fingerprint density at radius 3 is 2.29 bits per heavy atom. The summed E-state index contributed by atoms with van der Waals surface area (Å²) in [5, 5.41) is 10.5. The number of hydrogen-bond donors (Lipinski definition) is 2. The second-order valence-corrected chi connectivity index (χ2v) is 12.9. The molecule has 3 heterocycles. The molecule has 0 saturated heterocycles. The maximum absolute atomic E-state index is 13.7. The summed E-state index contributed by atoms with van der Waals surface area (Å²) in [6.07, 6.45) is 4.87. The van der Waals surface area contributed by atoms with E-state index in [9.17, 15) is 21.9 Å². The molecular weight excluding hydrogens is 506 g/mol. The lowest BCUT2D eigenvalue weighted by Gasteiger charge is -2.24. The number of sulfonamides is 1. The molecular formula is C24H19N3O5S3. The molecule has 0 spiro atoms. The van der Waals surface area contributed by atoms with E-state index in [1.165, 1.54) is 30.3 Å². The molecule has 0 amide bonds. The predicted molar refractivity (Wildman–Crippen MR) is 131 cm³/mol. The first-order valence-electron chi connectivity index (χ1n) is 10.4. The topological polar surface area (TPSA) is 117 Å². The average molecular weight is 526 g/mol. The number of benzene rings is 2. The predicted octanol–water partition coefficient (Wildman–Crippen LogP) is 3.97. The Bertz CT molecular complexity index is 1620. The van der Waals surface area contributed by atoms with Crippen LogP contribution in [0.2, 0.25) is 0 Å². The summed E-state index contributed by atoms with van der Waals surface area (Å²) >= 11 is 0.671. The van der Waals surface area contributed by atoms with Crippen molar-refractivity contribution < 1.29 is 21.9 Å². The Labute approximate surface area is 206 Å². The van der Waals surface area contributed by atoms with Gasteiger partial charge in [-0.25, -0.2) is 16.8 Å². The van der Waals surface area contributed by atoms with Gasteiger partial charge in [0.25, 0.3) is 10.0 Å². The SMILES string of the molecule is O=S(=O)(c1ccccc1)c1ccc(S(=O)(=O)N2NC(c3cccnc3)=CC2c2ccccc2O)s1. The summed E-state index contributed by atoms with van der Waals surface area (Å²) in [6.45, 7) is 0. The van der Waals surface area contributed by atoms with Gasteiger partial charge in [-0.2, -0.15) is 0 Å². The van der Waals surface area contributed by atoms with Gasteiger partial charge in [0.1, 0.15) is 14.2 Å². The van der Waals surface area contributed by atoms with Crippen LogP contribution in [0.25, 0.3) is 5.70 Å². The number of nitrogens with one attached hydrogen (secondary N) is 1. The van der Waals surface area contributed by atoms with Gasteiger partial charge in [-0.05, 0) is 48.5 Å². The number of hydrazine groups is 1. The van der Waals surface area contributed by atoms with Crippen LogP contribution in [0.3, 0.4) is 0 Å². The molecule has 11 heteroatoms. The number of rotatable bonds is 6. The molecule has 8 nitrogen and oxygen atoms in total. The van der Waals surface area contributed by atoms with Gasteiger partial charge in [0.2, 0.25) is 9.84 Å². The number of sulfone groups is 1. The first kappa shape index (κ1) is 23.2. The number of thiophene rings is 1. The van der Waals surface area contributed by atoms with Crippen LogP contribution in [0.5, 0.6) is 5.75 Å². The molecule has 0 bridgehead atoms. The van der Waals surface area contributed by atoms with Gasteiger partial charge in [0.05, 0.1) is 16.6 Å². The number of hydrogen-bond acceptors (Lipinski definition) is 8. The summed E-state index contributed by atoms with van der Waals surface area (Å²) in [5.41, 5.74) is 4.43. The summed E-state index contributed by atoms with van der Waals surface area (Å²) in [5.74, 6) is -0.0679. The molecule has 0 fully saturated rings. The fourth-order valence-electron chi connectivity index (χ4n) is 3.70. The number of phenols is 1. The van der Waals surface area contributed by atoms with E-state index in [-0.39, 0.29) is 19.1 Å². The molecule has 1 aliphatic heterocycles. The summed E-state index contributed by atoms with van der Waals surface area (Å²) in [7, 11) is -8.10. The van der Waals surface area contributed by atoms with Gasteiger partial charge in [0, 0.05) is 23.5 Å². The molecule has 0 saturated carbocycles. The highest BCUT2D eigenvalue weighted by atomic mass is 32.3. The minimum absolute atomic E-state index is 0.0679. The Hall–Kier alpha value is -3.51. The normalized spacial score (nSPS) is 16.6. The summed E-state index contributed by atoms with van der Waals surface area (Å²) in [6, 6.07) is 19.5. The number of aromatic nitrogens is 1. The van der Waals surface area contributed by atoms with Crippen LogP contribution >= 0.6 is 11.3 Å². The van der Waals surface area contributed by atoms with Gasteiger partial charge in [0.15, 0.2) is 0 Å². The van der Waals surface area contributed by atoms with E-state index < -0.39 is 25.9 Å². The van der Waals surface area contributed by atoms with Gasteiger partial charge in [-0.1, -0.05) is 40.8 Å². The minimum Gasteiger partial charge on any atom is -0.508 e. The molecule has 5 rings (SSSR count). The third-order valence-corrected chi connectivity index (χ3v) is 10.9. The number of aromatic hydroxyl groups is 1. The largest absolute Gasteiger partial charge is 0.508 e. The second-order valence-electron chi connectivity index (χ2n) is 7.63. The van der Waals surface area contributed by atoms with Crippen molar-refractivity contribution in [3.05, 3.63) is 108 Å². The van der Waals surface area contributed by atoms with E-state index in [1.807, 2.05) is 0 Å². The van der Waals surface area contributed by atoms with Crippen molar-refractivity contribution in [1.82, 2.24) is 14.8 Å². The van der Waals surface area contributed by atoms with Crippen LogP contribution in [0.1, 0.15) is 17.2 Å². The van der Waals surface area contributed by atoms with E-state index in [4.69, 9.17) is 0 Å². The maximum Gasteiger partial charge on any atom is 0.270 e. The molecule has 4 aromatic rings. The second kappa shape index (κ2) is 8.93. The Morgan fingerprint density at radius 2 is 1.57 bits per heavy atom. The number of nitrogens with zero attached hydrogens (tertiary/aromatic N) is 2.